The number of carboxylic acid groups (broad SMARTS) is 1. The van der Waals surface area contributed by atoms with Crippen LogP contribution >= 0.6 is 0 Å². The van der Waals surface area contributed by atoms with Crippen LogP contribution in [0.25, 0.3) is 22.6 Å². The number of nitrogens with zero attached hydrogens (tertiary/aromatic N) is 4. The van der Waals surface area contributed by atoms with Crippen LogP contribution in [-0.2, 0) is 12.7 Å². The van der Waals surface area contributed by atoms with E-state index in [4.69, 9.17) is 0 Å². The first-order valence-corrected chi connectivity index (χ1v) is 11.6. The Morgan fingerprint density at radius 3 is 2.33 bits per heavy atom. The standard InChI is InChI=1S/C26H24F3N5O2/c1-14-3-7-18(8-4-14)24-33-22-20(34(24)13-16-5-11-19(12-6-16)26(27,28)29)21(30-15(2)17-9-10-17)31-23(32-22)25(35)36/h3-8,11-12,15,17H,9-10,13H2,1-2H3,(H,35,36)(H,30,31,32). The largest absolute Gasteiger partial charge is 0.475 e. The Morgan fingerprint density at radius 1 is 1.08 bits per heavy atom. The average molecular weight is 496 g/mol. The topological polar surface area (TPSA) is 92.9 Å². The van der Waals surface area contributed by atoms with E-state index in [1.165, 1.54) is 12.1 Å². The first kappa shape index (κ1) is 23.8. The Balaban J connectivity index is 1.68. The summed E-state index contributed by atoms with van der Waals surface area (Å²) in [7, 11) is 0. The molecule has 1 aliphatic rings. The van der Waals surface area contributed by atoms with E-state index in [1.807, 2.05) is 42.7 Å². The van der Waals surface area contributed by atoms with Crippen LogP contribution in [-0.4, -0.2) is 36.6 Å². The first-order valence-electron chi connectivity index (χ1n) is 11.6. The Kier molecular flexibility index (Phi) is 5.89. The molecular weight excluding hydrogens is 471 g/mol. The van der Waals surface area contributed by atoms with Crippen molar-refractivity contribution in [2.24, 2.45) is 5.92 Å². The number of nitrogens with one attached hydrogen (secondary N) is 1. The number of carboxylic acids is 1. The fourth-order valence-corrected chi connectivity index (χ4v) is 4.22. The summed E-state index contributed by atoms with van der Waals surface area (Å²) in [5.41, 5.74) is 2.43. The highest BCUT2D eigenvalue weighted by molar-refractivity contribution is 5.92. The summed E-state index contributed by atoms with van der Waals surface area (Å²) in [6.45, 7) is 4.17. The fourth-order valence-electron chi connectivity index (χ4n) is 4.22. The Hall–Kier alpha value is -3.95. The number of hydrogen-bond acceptors (Lipinski definition) is 5. The van der Waals surface area contributed by atoms with E-state index in [0.29, 0.717) is 28.6 Å². The molecule has 0 amide bonds. The molecule has 2 N–H and O–H groups in total. The minimum Gasteiger partial charge on any atom is -0.475 e. The van der Waals surface area contributed by atoms with Crippen molar-refractivity contribution in [3.63, 3.8) is 0 Å². The molecule has 0 radical (unpaired) electrons. The van der Waals surface area contributed by atoms with Crippen LogP contribution in [0.5, 0.6) is 0 Å². The number of halogens is 3. The van der Waals surface area contributed by atoms with E-state index in [0.717, 1.165) is 36.1 Å². The number of benzene rings is 2. The molecule has 2 aromatic carbocycles. The smallest absolute Gasteiger partial charge is 0.416 e. The van der Waals surface area contributed by atoms with E-state index in [1.54, 1.807) is 0 Å². The zero-order valence-electron chi connectivity index (χ0n) is 19.7. The van der Waals surface area contributed by atoms with E-state index < -0.39 is 17.7 Å². The zero-order valence-corrected chi connectivity index (χ0v) is 19.7. The summed E-state index contributed by atoms with van der Waals surface area (Å²) in [6.07, 6.45) is -2.27. The fraction of sp³-hybridized carbons (Fsp3) is 0.308. The van der Waals surface area contributed by atoms with Crippen molar-refractivity contribution in [3.05, 3.63) is 71.0 Å². The lowest BCUT2D eigenvalue weighted by Gasteiger charge is -2.17. The van der Waals surface area contributed by atoms with Gasteiger partial charge in [0.05, 0.1) is 5.56 Å². The van der Waals surface area contributed by atoms with Gasteiger partial charge in [-0.05, 0) is 50.3 Å². The van der Waals surface area contributed by atoms with Crippen LogP contribution in [0.1, 0.15) is 47.1 Å². The van der Waals surface area contributed by atoms with Crippen LogP contribution in [0.3, 0.4) is 0 Å². The van der Waals surface area contributed by atoms with Crippen molar-refractivity contribution < 1.29 is 23.1 Å². The van der Waals surface area contributed by atoms with Gasteiger partial charge in [-0.1, -0.05) is 42.0 Å². The predicted octanol–water partition coefficient (Wildman–Crippen LogP) is 5.78. The third-order valence-electron chi connectivity index (χ3n) is 6.42. The van der Waals surface area contributed by atoms with Crippen LogP contribution < -0.4 is 5.32 Å². The summed E-state index contributed by atoms with van der Waals surface area (Å²) >= 11 is 0. The second kappa shape index (κ2) is 8.92. The summed E-state index contributed by atoms with van der Waals surface area (Å²) in [5.74, 6) is -0.319. The quantitative estimate of drug-likeness (QED) is 0.338. The highest BCUT2D eigenvalue weighted by Crippen LogP contribution is 2.36. The maximum Gasteiger partial charge on any atom is 0.416 e. The van der Waals surface area contributed by atoms with E-state index in [9.17, 15) is 23.1 Å². The second-order valence-corrected chi connectivity index (χ2v) is 9.23. The molecule has 1 unspecified atom stereocenters. The van der Waals surface area contributed by atoms with Crippen LogP contribution in [0, 0.1) is 12.8 Å². The molecule has 0 bridgehead atoms. The summed E-state index contributed by atoms with van der Waals surface area (Å²) in [5, 5.41) is 12.9. The zero-order chi connectivity index (χ0) is 25.6. The van der Waals surface area contributed by atoms with Gasteiger partial charge in [-0.25, -0.2) is 19.7 Å². The lowest BCUT2D eigenvalue weighted by atomic mass is 10.1. The lowest BCUT2D eigenvalue weighted by Crippen LogP contribution is -2.20. The molecule has 7 nitrogen and oxygen atoms in total. The second-order valence-electron chi connectivity index (χ2n) is 9.23. The summed E-state index contributed by atoms with van der Waals surface area (Å²) in [4.78, 5) is 24.9. The first-order chi connectivity index (χ1) is 17.1. The monoisotopic (exact) mass is 495 g/mol. The summed E-state index contributed by atoms with van der Waals surface area (Å²) in [6, 6.07) is 12.7. The number of rotatable bonds is 7. The molecule has 1 fully saturated rings. The Bertz CT molecular complexity index is 1430. The van der Waals surface area contributed by atoms with Crippen molar-refractivity contribution in [1.29, 1.82) is 0 Å². The number of imidazole rings is 1. The lowest BCUT2D eigenvalue weighted by molar-refractivity contribution is -0.137. The molecule has 1 atom stereocenters. The number of carbonyl (C=O) groups is 1. The van der Waals surface area contributed by atoms with Gasteiger partial charge in [-0.15, -0.1) is 0 Å². The van der Waals surface area contributed by atoms with E-state index in [2.05, 4.69) is 20.3 Å². The molecule has 5 rings (SSSR count). The number of aryl methyl sites for hydroxylation is 1. The number of fused-ring (bicyclic) bond motifs is 1. The molecule has 0 saturated heterocycles. The van der Waals surface area contributed by atoms with Crippen LogP contribution in [0.4, 0.5) is 19.0 Å². The minimum absolute atomic E-state index is 0.0574. The van der Waals surface area contributed by atoms with Crippen molar-refractivity contribution in [3.8, 4) is 11.4 Å². The third kappa shape index (κ3) is 4.75. The molecule has 1 aliphatic carbocycles. The van der Waals surface area contributed by atoms with Gasteiger partial charge in [0.2, 0.25) is 5.82 Å². The van der Waals surface area contributed by atoms with Gasteiger partial charge in [0.15, 0.2) is 11.5 Å². The molecule has 10 heteroatoms. The average Bonchev–Trinajstić information content (AvgIpc) is 3.62. The maximum atomic E-state index is 13.1. The van der Waals surface area contributed by atoms with Crippen molar-refractivity contribution in [2.75, 3.05) is 5.32 Å². The van der Waals surface area contributed by atoms with Gasteiger partial charge < -0.3 is 15.0 Å². The minimum atomic E-state index is -4.43. The van der Waals surface area contributed by atoms with Gasteiger partial charge in [0.1, 0.15) is 11.3 Å². The normalized spacial score (nSPS) is 14.7. The van der Waals surface area contributed by atoms with Crippen molar-refractivity contribution in [2.45, 2.75) is 45.5 Å². The number of hydrogen-bond donors (Lipinski definition) is 2. The SMILES string of the molecule is Cc1ccc(-c2nc3nc(C(=O)O)nc(NC(C)C4CC4)c3n2Cc2ccc(C(F)(F)F)cc2)cc1. The molecule has 2 aromatic heterocycles. The van der Waals surface area contributed by atoms with Crippen LogP contribution in [0.15, 0.2) is 48.5 Å². The van der Waals surface area contributed by atoms with Gasteiger partial charge >= 0.3 is 12.1 Å². The molecular formula is C26H24F3N5O2. The molecule has 36 heavy (non-hydrogen) atoms. The highest BCUT2D eigenvalue weighted by Gasteiger charge is 2.31. The number of anilines is 1. The molecule has 2 heterocycles. The Morgan fingerprint density at radius 2 is 1.75 bits per heavy atom. The number of alkyl halides is 3. The van der Waals surface area contributed by atoms with E-state index >= 15 is 0 Å². The summed E-state index contributed by atoms with van der Waals surface area (Å²) < 4.78 is 41.1. The van der Waals surface area contributed by atoms with E-state index in [-0.39, 0.29) is 24.1 Å². The molecule has 4 aromatic rings. The van der Waals surface area contributed by atoms with Crippen molar-refractivity contribution >= 4 is 23.0 Å². The Labute approximate surface area is 205 Å². The number of aromatic nitrogens is 4. The molecule has 0 spiro atoms. The predicted molar refractivity (Wildman–Crippen MR) is 129 cm³/mol. The number of aromatic carboxylic acids is 1. The van der Waals surface area contributed by atoms with Gasteiger partial charge in [-0.2, -0.15) is 13.2 Å². The van der Waals surface area contributed by atoms with Gasteiger partial charge in [0.25, 0.3) is 0 Å². The highest BCUT2D eigenvalue weighted by atomic mass is 19.4. The molecule has 1 saturated carbocycles. The third-order valence-corrected chi connectivity index (χ3v) is 6.42. The van der Waals surface area contributed by atoms with Gasteiger partial charge in [0, 0.05) is 18.2 Å². The maximum absolute atomic E-state index is 13.1. The van der Waals surface area contributed by atoms with Crippen molar-refractivity contribution in [1.82, 2.24) is 19.5 Å². The van der Waals surface area contributed by atoms with Gasteiger partial charge in [-0.3, -0.25) is 0 Å². The molecule has 186 valence electrons. The van der Waals surface area contributed by atoms with Crippen LogP contribution in [0.2, 0.25) is 0 Å². The molecule has 0 aliphatic heterocycles.